The van der Waals surface area contributed by atoms with Crippen LogP contribution in [0.4, 0.5) is 0 Å². The second kappa shape index (κ2) is 5.65. The molecule has 0 aromatic carbocycles. The molecule has 0 aromatic rings. The first-order valence-corrected chi connectivity index (χ1v) is 7.24. The maximum atomic E-state index is 11.2. The smallest absolute Gasteiger partial charge is 0.275 e. The van der Waals surface area contributed by atoms with Crippen LogP contribution in [-0.2, 0) is 10.2 Å². The van der Waals surface area contributed by atoms with E-state index >= 15 is 0 Å². The van der Waals surface area contributed by atoms with Crippen molar-refractivity contribution in [2.24, 2.45) is 16.0 Å². The van der Waals surface area contributed by atoms with Gasteiger partial charge >= 0.3 is 0 Å². The van der Waals surface area contributed by atoms with Crippen LogP contribution in [0.5, 0.6) is 0 Å². The predicted molar refractivity (Wildman–Crippen MR) is 64.7 cm³/mol. The molecule has 0 atom stereocenters. The van der Waals surface area contributed by atoms with Gasteiger partial charge in [0.15, 0.2) is 5.84 Å². The van der Waals surface area contributed by atoms with Gasteiger partial charge < -0.3 is 10.9 Å². The zero-order valence-electron chi connectivity index (χ0n) is 9.72. The lowest BCUT2D eigenvalue weighted by molar-refractivity contribution is 0.299. The van der Waals surface area contributed by atoms with Crippen LogP contribution >= 0.6 is 0 Å². The molecule has 0 heterocycles. The van der Waals surface area contributed by atoms with Crippen molar-refractivity contribution in [1.82, 2.24) is 4.72 Å². The molecule has 0 radical (unpaired) electrons. The van der Waals surface area contributed by atoms with Crippen LogP contribution in [0.1, 0.15) is 44.9 Å². The van der Waals surface area contributed by atoms with Crippen molar-refractivity contribution in [3.8, 4) is 0 Å². The van der Waals surface area contributed by atoms with Crippen molar-refractivity contribution in [1.29, 1.82) is 0 Å². The van der Waals surface area contributed by atoms with Gasteiger partial charge in [-0.1, -0.05) is 37.3 Å². The Morgan fingerprint density at radius 2 is 1.65 bits per heavy atom. The molecule has 0 bridgehead atoms. The molecule has 0 spiro atoms. The fourth-order valence-electron chi connectivity index (χ4n) is 2.29. The van der Waals surface area contributed by atoms with Crippen molar-refractivity contribution in [3.63, 3.8) is 0 Å². The molecule has 1 fully saturated rings. The molecule has 6 N–H and O–H groups in total. The van der Waals surface area contributed by atoms with Crippen LogP contribution < -0.4 is 15.6 Å². The van der Waals surface area contributed by atoms with Gasteiger partial charge in [0, 0.05) is 0 Å². The molecule has 7 nitrogen and oxygen atoms in total. The summed E-state index contributed by atoms with van der Waals surface area (Å²) in [7, 11) is -3.89. The molecule has 0 aromatic heterocycles. The summed E-state index contributed by atoms with van der Waals surface area (Å²) in [6.07, 6.45) is 5.78. The molecular formula is C9H20N4O3S. The number of hydrogen-bond donors (Lipinski definition) is 4. The van der Waals surface area contributed by atoms with Crippen LogP contribution in [0.3, 0.4) is 0 Å². The molecule has 1 saturated carbocycles. The highest BCUT2D eigenvalue weighted by Crippen LogP contribution is 2.27. The minimum Gasteiger partial charge on any atom is -0.409 e. The monoisotopic (exact) mass is 264 g/mol. The highest BCUT2D eigenvalue weighted by Gasteiger charge is 2.37. The van der Waals surface area contributed by atoms with Gasteiger partial charge in [-0.15, -0.1) is 0 Å². The van der Waals surface area contributed by atoms with Crippen LogP contribution in [-0.4, -0.2) is 25.0 Å². The van der Waals surface area contributed by atoms with E-state index in [0.29, 0.717) is 12.8 Å². The van der Waals surface area contributed by atoms with E-state index in [-0.39, 0.29) is 5.84 Å². The molecule has 8 heteroatoms. The van der Waals surface area contributed by atoms with E-state index in [2.05, 4.69) is 9.88 Å². The molecule has 1 rings (SSSR count). The molecule has 17 heavy (non-hydrogen) atoms. The highest BCUT2D eigenvalue weighted by atomic mass is 32.2. The Morgan fingerprint density at radius 3 is 2.06 bits per heavy atom. The van der Waals surface area contributed by atoms with Gasteiger partial charge in [0.1, 0.15) is 0 Å². The standard InChI is InChI=1S/C9H20N4O3S/c10-8(12-14)9(13-17(11,15)16)6-4-2-1-3-5-7-9/h13-14H,1-7H2,(H2,10,12)(H2,11,15,16). The third kappa shape index (κ3) is 4.14. The zero-order valence-corrected chi connectivity index (χ0v) is 10.5. The number of hydrogen-bond acceptors (Lipinski definition) is 4. The first-order valence-electron chi connectivity index (χ1n) is 5.69. The van der Waals surface area contributed by atoms with Crippen molar-refractivity contribution in [2.45, 2.75) is 50.5 Å². The second-order valence-electron chi connectivity index (χ2n) is 4.48. The van der Waals surface area contributed by atoms with E-state index in [1.54, 1.807) is 0 Å². The second-order valence-corrected chi connectivity index (χ2v) is 5.78. The van der Waals surface area contributed by atoms with E-state index in [1.165, 1.54) is 0 Å². The third-order valence-electron chi connectivity index (χ3n) is 3.14. The minimum atomic E-state index is -3.89. The molecule has 1 aliphatic rings. The summed E-state index contributed by atoms with van der Waals surface area (Å²) in [6.45, 7) is 0. The van der Waals surface area contributed by atoms with E-state index in [0.717, 1.165) is 32.1 Å². The fraction of sp³-hybridized carbons (Fsp3) is 0.889. The Balaban J connectivity index is 2.97. The summed E-state index contributed by atoms with van der Waals surface area (Å²) < 4.78 is 24.7. The van der Waals surface area contributed by atoms with Crippen molar-refractivity contribution < 1.29 is 13.6 Å². The lowest BCUT2D eigenvalue weighted by Gasteiger charge is -2.33. The van der Waals surface area contributed by atoms with Gasteiger partial charge in [-0.25, -0.2) is 5.14 Å². The van der Waals surface area contributed by atoms with Crippen molar-refractivity contribution >= 4 is 16.0 Å². The maximum absolute atomic E-state index is 11.2. The summed E-state index contributed by atoms with van der Waals surface area (Å²) in [5.74, 6) is -0.117. The number of nitrogens with one attached hydrogen (secondary N) is 1. The number of rotatable bonds is 3. The molecule has 0 amide bonds. The quantitative estimate of drug-likeness (QED) is 0.247. The molecule has 0 unspecified atom stereocenters. The third-order valence-corrected chi connectivity index (χ3v) is 3.82. The summed E-state index contributed by atoms with van der Waals surface area (Å²) in [6, 6.07) is 0. The van der Waals surface area contributed by atoms with E-state index in [9.17, 15) is 8.42 Å². The Labute approximate surface area is 101 Å². The number of nitrogens with two attached hydrogens (primary N) is 2. The topological polar surface area (TPSA) is 131 Å². The largest absolute Gasteiger partial charge is 0.409 e. The normalized spacial score (nSPS) is 22.8. The van der Waals surface area contributed by atoms with Crippen molar-refractivity contribution in [2.75, 3.05) is 0 Å². The van der Waals surface area contributed by atoms with E-state index < -0.39 is 15.7 Å². The van der Waals surface area contributed by atoms with Gasteiger partial charge in [0.25, 0.3) is 10.2 Å². The first kappa shape index (κ1) is 14.2. The highest BCUT2D eigenvalue weighted by molar-refractivity contribution is 7.87. The fourth-order valence-corrected chi connectivity index (χ4v) is 3.14. The van der Waals surface area contributed by atoms with Gasteiger partial charge in [-0.3, -0.25) is 0 Å². The van der Waals surface area contributed by atoms with Crippen LogP contribution in [0, 0.1) is 0 Å². The van der Waals surface area contributed by atoms with Crippen LogP contribution in [0.25, 0.3) is 0 Å². The van der Waals surface area contributed by atoms with Crippen LogP contribution in [0.15, 0.2) is 5.16 Å². The minimum absolute atomic E-state index is 0.117. The Kier molecular flexibility index (Phi) is 4.72. The first-order chi connectivity index (χ1) is 7.90. The Bertz CT molecular complexity index is 372. The Hall–Kier alpha value is -0.860. The number of oxime groups is 1. The van der Waals surface area contributed by atoms with Crippen LogP contribution in [0.2, 0.25) is 0 Å². The Morgan fingerprint density at radius 1 is 1.18 bits per heavy atom. The molecular weight excluding hydrogens is 244 g/mol. The van der Waals surface area contributed by atoms with Crippen molar-refractivity contribution in [3.05, 3.63) is 0 Å². The molecule has 0 aliphatic heterocycles. The summed E-state index contributed by atoms with van der Waals surface area (Å²) >= 11 is 0. The average molecular weight is 264 g/mol. The van der Waals surface area contributed by atoms with Gasteiger partial charge in [-0.05, 0) is 12.8 Å². The number of amidine groups is 1. The lowest BCUT2D eigenvalue weighted by Crippen LogP contribution is -2.59. The summed E-state index contributed by atoms with van der Waals surface area (Å²) in [4.78, 5) is 0. The predicted octanol–water partition coefficient (Wildman–Crippen LogP) is 0.00900. The van der Waals surface area contributed by atoms with E-state index in [1.807, 2.05) is 0 Å². The lowest BCUT2D eigenvalue weighted by atomic mass is 9.84. The molecule has 100 valence electrons. The summed E-state index contributed by atoms with van der Waals surface area (Å²) in [5.41, 5.74) is 4.59. The van der Waals surface area contributed by atoms with Gasteiger partial charge in [0.2, 0.25) is 0 Å². The summed E-state index contributed by atoms with van der Waals surface area (Å²) in [5, 5.41) is 16.8. The molecule has 1 aliphatic carbocycles. The van der Waals surface area contributed by atoms with E-state index in [4.69, 9.17) is 16.1 Å². The average Bonchev–Trinajstić information content (AvgIpc) is 2.19. The maximum Gasteiger partial charge on any atom is 0.275 e. The number of nitrogens with zero attached hydrogens (tertiary/aromatic N) is 1. The SMILES string of the molecule is NC(=NO)C1(NS(N)(=O)=O)CCCCCCC1. The van der Waals surface area contributed by atoms with Gasteiger partial charge in [-0.2, -0.15) is 13.1 Å². The zero-order chi connectivity index (χ0) is 12.9. The molecule has 0 saturated heterocycles. The van der Waals surface area contributed by atoms with Gasteiger partial charge in [0.05, 0.1) is 5.54 Å².